The Morgan fingerprint density at radius 1 is 1.10 bits per heavy atom. The summed E-state index contributed by atoms with van der Waals surface area (Å²) in [5.74, 6) is 0.537. The van der Waals surface area contributed by atoms with E-state index in [1.807, 2.05) is 45.0 Å². The fraction of sp³-hybridized carbons (Fsp3) is 0.417. The fourth-order valence-corrected chi connectivity index (χ4v) is 3.37. The van der Waals surface area contributed by atoms with Gasteiger partial charge in [0, 0.05) is 17.5 Å². The second-order valence-corrected chi connectivity index (χ2v) is 7.19. The van der Waals surface area contributed by atoms with Crippen molar-refractivity contribution < 1.29 is 19.4 Å². The van der Waals surface area contributed by atoms with E-state index in [0.29, 0.717) is 37.3 Å². The minimum absolute atomic E-state index is 0.0201. The van der Waals surface area contributed by atoms with Crippen LogP contribution in [0, 0.1) is 6.92 Å². The molecule has 0 saturated carbocycles. The molecule has 30 heavy (non-hydrogen) atoms. The molecule has 0 bridgehead atoms. The lowest BCUT2D eigenvalue weighted by Crippen LogP contribution is -2.32. The van der Waals surface area contributed by atoms with E-state index in [2.05, 4.69) is 10.6 Å². The Bertz CT molecular complexity index is 837. The highest BCUT2D eigenvalue weighted by Crippen LogP contribution is 2.35. The number of aromatic hydroxyl groups is 1. The molecule has 1 unspecified atom stereocenters. The molecule has 1 amide bonds. The summed E-state index contributed by atoms with van der Waals surface area (Å²) >= 11 is 0. The Labute approximate surface area is 178 Å². The van der Waals surface area contributed by atoms with Gasteiger partial charge in [-0.25, -0.2) is 0 Å². The minimum atomic E-state index is -0.247. The average molecular weight is 413 g/mol. The molecule has 2 rings (SSSR count). The maximum Gasteiger partial charge on any atom is 0.220 e. The van der Waals surface area contributed by atoms with Gasteiger partial charge >= 0.3 is 0 Å². The first-order chi connectivity index (χ1) is 14.5. The van der Waals surface area contributed by atoms with Crippen LogP contribution in [-0.4, -0.2) is 36.5 Å². The van der Waals surface area contributed by atoms with Crippen molar-refractivity contribution >= 4 is 11.7 Å². The third-order valence-electron chi connectivity index (χ3n) is 4.89. The van der Waals surface area contributed by atoms with Crippen molar-refractivity contribution in [2.75, 3.05) is 19.7 Å². The monoisotopic (exact) mass is 412 g/mol. The first kappa shape index (κ1) is 23.4. The topological polar surface area (TPSA) is 87.7 Å². The first-order valence-electron chi connectivity index (χ1n) is 10.5. The van der Waals surface area contributed by atoms with Crippen LogP contribution in [0.5, 0.6) is 11.5 Å². The molecule has 6 heteroatoms. The molecule has 1 atom stereocenters. The smallest absolute Gasteiger partial charge is 0.220 e. The highest BCUT2D eigenvalue weighted by Gasteiger charge is 2.20. The highest BCUT2D eigenvalue weighted by atomic mass is 16.5. The Morgan fingerprint density at radius 3 is 2.50 bits per heavy atom. The number of carbonyl (C=O) groups excluding carboxylic acids is 2. The lowest BCUT2D eigenvalue weighted by atomic mass is 9.97. The van der Waals surface area contributed by atoms with Crippen molar-refractivity contribution in [2.45, 2.75) is 46.1 Å². The number of benzene rings is 2. The molecule has 0 aliphatic rings. The van der Waals surface area contributed by atoms with E-state index >= 15 is 0 Å². The number of phenolic OH excluding ortho intramolecular Hbond substituents is 1. The molecular weight excluding hydrogens is 380 g/mol. The Hall–Kier alpha value is -2.86. The van der Waals surface area contributed by atoms with E-state index in [4.69, 9.17) is 4.74 Å². The fourth-order valence-electron chi connectivity index (χ4n) is 3.37. The van der Waals surface area contributed by atoms with Crippen LogP contribution in [0.1, 0.15) is 60.6 Å². The zero-order valence-corrected chi connectivity index (χ0v) is 18.0. The summed E-state index contributed by atoms with van der Waals surface area (Å²) in [7, 11) is 0. The van der Waals surface area contributed by atoms with Crippen LogP contribution in [0.15, 0.2) is 42.5 Å². The number of nitrogens with one attached hydrogen (secondary N) is 2. The molecule has 2 aromatic rings. The Kier molecular flexibility index (Phi) is 9.35. The molecule has 0 aromatic heterocycles. The number of Topliss-reactive ketones (excluding diaryl/α,β-unsaturated/α-hetero) is 1. The number of hydrogen-bond donors (Lipinski definition) is 3. The molecule has 162 valence electrons. The molecule has 0 spiro atoms. The summed E-state index contributed by atoms with van der Waals surface area (Å²) < 4.78 is 5.59. The van der Waals surface area contributed by atoms with Crippen LogP contribution >= 0.6 is 0 Å². The standard InChI is InChI=1S/C24H32N2O4/c1-4-9-23(29)26-20(19-12-13-21(27)24(17(19)3)30-5-2)14-15-25-16-22(28)18-10-7-6-8-11-18/h6-8,10-13,20,25,27H,4-5,9,14-16H2,1-3H3,(H,26,29). The number of ether oxygens (including phenoxy) is 1. The van der Waals surface area contributed by atoms with E-state index in [1.165, 1.54) is 0 Å². The third-order valence-corrected chi connectivity index (χ3v) is 4.89. The average Bonchev–Trinajstić information content (AvgIpc) is 2.74. The normalized spacial score (nSPS) is 11.7. The van der Waals surface area contributed by atoms with Gasteiger partial charge in [-0.1, -0.05) is 43.3 Å². The molecule has 0 heterocycles. The predicted molar refractivity (Wildman–Crippen MR) is 118 cm³/mol. The molecule has 0 aliphatic carbocycles. The van der Waals surface area contributed by atoms with Crippen LogP contribution in [0.3, 0.4) is 0 Å². The van der Waals surface area contributed by atoms with Gasteiger partial charge in [0.2, 0.25) is 5.91 Å². The molecule has 6 nitrogen and oxygen atoms in total. The van der Waals surface area contributed by atoms with Gasteiger partial charge in [0.1, 0.15) is 0 Å². The minimum Gasteiger partial charge on any atom is -0.504 e. The highest BCUT2D eigenvalue weighted by molar-refractivity contribution is 5.97. The lowest BCUT2D eigenvalue weighted by molar-refractivity contribution is -0.121. The largest absolute Gasteiger partial charge is 0.504 e. The van der Waals surface area contributed by atoms with Crippen molar-refractivity contribution in [3.63, 3.8) is 0 Å². The van der Waals surface area contributed by atoms with Gasteiger partial charge in [0.15, 0.2) is 17.3 Å². The summed E-state index contributed by atoms with van der Waals surface area (Å²) in [6.45, 7) is 6.93. The van der Waals surface area contributed by atoms with Gasteiger partial charge in [0.25, 0.3) is 0 Å². The number of phenols is 1. The van der Waals surface area contributed by atoms with Gasteiger partial charge in [-0.05, 0) is 44.9 Å². The Balaban J connectivity index is 2.07. The summed E-state index contributed by atoms with van der Waals surface area (Å²) in [5, 5.41) is 16.4. The zero-order valence-electron chi connectivity index (χ0n) is 18.0. The maximum atomic E-state index is 12.3. The summed E-state index contributed by atoms with van der Waals surface area (Å²) in [4.78, 5) is 24.5. The number of rotatable bonds is 12. The van der Waals surface area contributed by atoms with E-state index < -0.39 is 0 Å². The second kappa shape index (κ2) is 12.0. The molecule has 0 aliphatic heterocycles. The van der Waals surface area contributed by atoms with E-state index in [-0.39, 0.29) is 30.0 Å². The van der Waals surface area contributed by atoms with Gasteiger partial charge in [0.05, 0.1) is 19.2 Å². The number of hydrogen-bond acceptors (Lipinski definition) is 5. The van der Waals surface area contributed by atoms with Crippen molar-refractivity contribution in [1.82, 2.24) is 10.6 Å². The maximum absolute atomic E-state index is 12.3. The van der Waals surface area contributed by atoms with Crippen LogP contribution < -0.4 is 15.4 Å². The zero-order chi connectivity index (χ0) is 21.9. The van der Waals surface area contributed by atoms with Gasteiger partial charge in [-0.2, -0.15) is 0 Å². The van der Waals surface area contributed by atoms with Crippen LogP contribution in [0.4, 0.5) is 0 Å². The van der Waals surface area contributed by atoms with Crippen LogP contribution in [-0.2, 0) is 4.79 Å². The first-order valence-corrected chi connectivity index (χ1v) is 10.5. The summed E-state index contributed by atoms with van der Waals surface area (Å²) in [6.07, 6.45) is 1.82. The number of carbonyl (C=O) groups is 2. The van der Waals surface area contributed by atoms with Crippen molar-refractivity contribution in [1.29, 1.82) is 0 Å². The third kappa shape index (κ3) is 6.59. The van der Waals surface area contributed by atoms with E-state index in [9.17, 15) is 14.7 Å². The summed E-state index contributed by atoms with van der Waals surface area (Å²) in [5.41, 5.74) is 2.38. The predicted octanol–water partition coefficient (Wildman–Crippen LogP) is 3.92. The van der Waals surface area contributed by atoms with E-state index in [0.717, 1.165) is 17.5 Å². The Morgan fingerprint density at radius 2 is 1.83 bits per heavy atom. The molecule has 2 aromatic carbocycles. The summed E-state index contributed by atoms with van der Waals surface area (Å²) in [6, 6.07) is 12.3. The second-order valence-electron chi connectivity index (χ2n) is 7.19. The van der Waals surface area contributed by atoms with Crippen molar-refractivity contribution in [2.24, 2.45) is 0 Å². The number of amides is 1. The molecule has 3 N–H and O–H groups in total. The van der Waals surface area contributed by atoms with Gasteiger partial charge in [-0.15, -0.1) is 0 Å². The quantitative estimate of drug-likeness (QED) is 0.363. The van der Waals surface area contributed by atoms with Gasteiger partial charge < -0.3 is 20.5 Å². The lowest BCUT2D eigenvalue weighted by Gasteiger charge is -2.23. The molecular formula is C24H32N2O4. The SMILES string of the molecule is CCCC(=O)NC(CCNCC(=O)c1ccccc1)c1ccc(O)c(OCC)c1C. The van der Waals surface area contributed by atoms with Gasteiger partial charge in [-0.3, -0.25) is 9.59 Å². The number of ketones is 1. The van der Waals surface area contributed by atoms with E-state index in [1.54, 1.807) is 18.2 Å². The molecule has 0 saturated heterocycles. The van der Waals surface area contributed by atoms with Crippen LogP contribution in [0.25, 0.3) is 0 Å². The van der Waals surface area contributed by atoms with Crippen molar-refractivity contribution in [3.8, 4) is 11.5 Å². The van der Waals surface area contributed by atoms with Crippen molar-refractivity contribution in [3.05, 3.63) is 59.2 Å². The molecule has 0 radical (unpaired) electrons. The molecule has 0 fully saturated rings. The van der Waals surface area contributed by atoms with Crippen LogP contribution in [0.2, 0.25) is 0 Å².